The predicted molar refractivity (Wildman–Crippen MR) is 109 cm³/mol. The number of ether oxygens (including phenoxy) is 2. The van der Waals surface area contributed by atoms with Gasteiger partial charge in [-0.2, -0.15) is 0 Å². The van der Waals surface area contributed by atoms with E-state index < -0.39 is 0 Å². The highest BCUT2D eigenvalue weighted by atomic mass is 79.9. The van der Waals surface area contributed by atoms with Gasteiger partial charge < -0.3 is 14.6 Å². The number of aliphatic hydroxyl groups is 1. The van der Waals surface area contributed by atoms with Crippen molar-refractivity contribution in [3.8, 4) is 11.5 Å². The molecule has 152 valence electrons. The summed E-state index contributed by atoms with van der Waals surface area (Å²) >= 11 is 3.70. The number of aliphatic hydroxyl groups excluding tert-OH is 1. The number of carbonyl (C=O) groups is 1. The number of hydrogen-bond acceptors (Lipinski definition) is 5. The maximum atomic E-state index is 12.4. The first-order chi connectivity index (χ1) is 13.5. The highest BCUT2D eigenvalue weighted by Gasteiger charge is 2.59. The molecule has 2 aliphatic heterocycles. The molecule has 1 aromatic carbocycles. The number of methoxy groups -OCH3 is 1. The molecule has 1 aromatic rings. The normalized spacial score (nSPS) is 34.4. The number of ketones is 1. The Morgan fingerprint density at radius 2 is 2.18 bits per heavy atom. The van der Waals surface area contributed by atoms with Crippen molar-refractivity contribution < 1.29 is 19.4 Å². The van der Waals surface area contributed by atoms with E-state index in [1.165, 1.54) is 24.0 Å². The average molecular weight is 450 g/mol. The van der Waals surface area contributed by atoms with Crippen molar-refractivity contribution in [3.63, 3.8) is 0 Å². The van der Waals surface area contributed by atoms with Crippen molar-refractivity contribution in [2.75, 3.05) is 20.3 Å². The largest absolute Gasteiger partial charge is 0.495 e. The smallest absolute Gasteiger partial charge is 0.141 e. The molecule has 28 heavy (non-hydrogen) atoms. The van der Waals surface area contributed by atoms with E-state index in [0.29, 0.717) is 12.8 Å². The minimum Gasteiger partial charge on any atom is -0.495 e. The Morgan fingerprint density at radius 1 is 1.39 bits per heavy atom. The quantitative estimate of drug-likeness (QED) is 0.762. The Balaban J connectivity index is 1.69. The van der Waals surface area contributed by atoms with Gasteiger partial charge in [0, 0.05) is 43.0 Å². The maximum Gasteiger partial charge on any atom is 0.141 e. The first-order valence-corrected chi connectivity index (χ1v) is 11.2. The molecule has 2 fully saturated rings. The fraction of sp³-hybridized carbons (Fsp3) is 0.682. The van der Waals surface area contributed by atoms with E-state index in [1.807, 2.05) is 0 Å². The van der Waals surface area contributed by atoms with Gasteiger partial charge in [0.15, 0.2) is 0 Å². The van der Waals surface area contributed by atoms with Gasteiger partial charge in [-0.25, -0.2) is 0 Å². The van der Waals surface area contributed by atoms with E-state index in [9.17, 15) is 9.90 Å². The summed E-state index contributed by atoms with van der Waals surface area (Å²) in [5, 5.41) is 10.3. The number of benzene rings is 1. The minimum atomic E-state index is -0.223. The standard InChI is InChI=1S/C22H28BrNO4/c1-12-5-16(26)7-18-22(12)8-15(11-25)24(9-13-3-4-13)10-14-6-17(27-2)20(23)21(28-18)19(14)22/h6,12-13,15,18,25H,3-5,7-11H2,1-2H3/t12-,15+,18-,22+/m1/s1. The van der Waals surface area contributed by atoms with Crippen LogP contribution in [0.2, 0.25) is 0 Å². The van der Waals surface area contributed by atoms with Crippen molar-refractivity contribution in [1.82, 2.24) is 4.90 Å². The van der Waals surface area contributed by atoms with Crippen LogP contribution < -0.4 is 9.47 Å². The van der Waals surface area contributed by atoms with E-state index in [-0.39, 0.29) is 35.9 Å². The summed E-state index contributed by atoms with van der Waals surface area (Å²) in [5.41, 5.74) is 2.26. The molecule has 5 nitrogen and oxygen atoms in total. The fourth-order valence-electron chi connectivity index (χ4n) is 5.89. The van der Waals surface area contributed by atoms with Gasteiger partial charge in [-0.15, -0.1) is 0 Å². The molecule has 4 atom stereocenters. The summed E-state index contributed by atoms with van der Waals surface area (Å²) < 4.78 is 12.9. The molecule has 0 amide bonds. The van der Waals surface area contributed by atoms with Gasteiger partial charge in [0.25, 0.3) is 0 Å². The molecule has 6 heteroatoms. The van der Waals surface area contributed by atoms with Crippen LogP contribution in [0.5, 0.6) is 11.5 Å². The number of rotatable bonds is 4. The van der Waals surface area contributed by atoms with Crippen LogP contribution in [-0.2, 0) is 16.8 Å². The molecule has 0 aromatic heterocycles. The molecule has 2 saturated carbocycles. The summed E-state index contributed by atoms with van der Waals surface area (Å²) in [6.07, 6.45) is 4.30. The molecule has 0 radical (unpaired) electrons. The summed E-state index contributed by atoms with van der Waals surface area (Å²) in [7, 11) is 1.68. The van der Waals surface area contributed by atoms with Gasteiger partial charge in [-0.05, 0) is 58.7 Å². The Kier molecular flexibility index (Phi) is 4.53. The number of nitrogens with zero attached hydrogens (tertiary/aromatic N) is 1. The zero-order valence-corrected chi connectivity index (χ0v) is 18.1. The Morgan fingerprint density at radius 3 is 2.86 bits per heavy atom. The monoisotopic (exact) mass is 449 g/mol. The fourth-order valence-corrected chi connectivity index (χ4v) is 6.46. The molecular formula is C22H28BrNO4. The Hall–Kier alpha value is -1.11. The lowest BCUT2D eigenvalue weighted by molar-refractivity contribution is -0.127. The van der Waals surface area contributed by atoms with Crippen LogP contribution in [0.3, 0.4) is 0 Å². The summed E-state index contributed by atoms with van der Waals surface area (Å²) in [6, 6.07) is 2.23. The highest BCUT2D eigenvalue weighted by Crippen LogP contribution is 2.60. The van der Waals surface area contributed by atoms with E-state index in [1.54, 1.807) is 7.11 Å². The van der Waals surface area contributed by atoms with Crippen LogP contribution in [0.1, 0.15) is 50.2 Å². The number of halogens is 1. The van der Waals surface area contributed by atoms with Crippen LogP contribution in [0, 0.1) is 11.8 Å². The lowest BCUT2D eigenvalue weighted by atomic mass is 9.59. The SMILES string of the molecule is COc1cc2c3c(c1Br)O[C@@H]1CC(=O)C[C@@H](C)[C@]31C[C@@H](CO)N(CC1CC1)C2. The third-order valence-electron chi connectivity index (χ3n) is 7.48. The minimum absolute atomic E-state index is 0.0884. The lowest BCUT2D eigenvalue weighted by Gasteiger charge is -2.44. The summed E-state index contributed by atoms with van der Waals surface area (Å²) in [6.45, 7) is 4.17. The van der Waals surface area contributed by atoms with Gasteiger partial charge in [-0.1, -0.05) is 6.92 Å². The first kappa shape index (κ1) is 18.9. The second-order valence-electron chi connectivity index (χ2n) is 9.16. The van der Waals surface area contributed by atoms with Gasteiger partial charge in [0.2, 0.25) is 0 Å². The third-order valence-corrected chi connectivity index (χ3v) is 8.23. The molecule has 0 bridgehead atoms. The number of carbonyl (C=O) groups excluding carboxylic acids is 1. The molecule has 2 heterocycles. The summed E-state index contributed by atoms with van der Waals surface area (Å²) in [4.78, 5) is 14.9. The van der Waals surface area contributed by atoms with E-state index in [0.717, 1.165) is 41.4 Å². The van der Waals surface area contributed by atoms with Gasteiger partial charge in [-0.3, -0.25) is 9.69 Å². The van der Waals surface area contributed by atoms with Crippen molar-refractivity contribution in [3.05, 3.63) is 21.7 Å². The van der Waals surface area contributed by atoms with Gasteiger partial charge >= 0.3 is 0 Å². The summed E-state index contributed by atoms with van der Waals surface area (Å²) in [5.74, 6) is 2.85. The topological polar surface area (TPSA) is 59.0 Å². The Labute approximate surface area is 174 Å². The van der Waals surface area contributed by atoms with E-state index >= 15 is 0 Å². The van der Waals surface area contributed by atoms with Crippen LogP contribution in [0.25, 0.3) is 0 Å². The van der Waals surface area contributed by atoms with Crippen molar-refractivity contribution >= 4 is 21.7 Å². The van der Waals surface area contributed by atoms with Crippen molar-refractivity contribution in [1.29, 1.82) is 0 Å². The second kappa shape index (κ2) is 6.71. The maximum absolute atomic E-state index is 12.4. The zero-order valence-electron chi connectivity index (χ0n) is 16.5. The molecule has 5 rings (SSSR count). The predicted octanol–water partition coefficient (Wildman–Crippen LogP) is 3.43. The van der Waals surface area contributed by atoms with E-state index in [4.69, 9.17) is 9.47 Å². The van der Waals surface area contributed by atoms with Crippen molar-refractivity contribution in [2.45, 2.75) is 63.1 Å². The molecule has 0 saturated heterocycles. The molecule has 1 N–H and O–H groups in total. The second-order valence-corrected chi connectivity index (χ2v) is 9.96. The van der Waals surface area contributed by atoms with Crippen LogP contribution in [-0.4, -0.2) is 48.2 Å². The van der Waals surface area contributed by atoms with Crippen LogP contribution >= 0.6 is 15.9 Å². The van der Waals surface area contributed by atoms with Crippen LogP contribution in [0.4, 0.5) is 0 Å². The van der Waals surface area contributed by atoms with Gasteiger partial charge in [0.1, 0.15) is 27.9 Å². The van der Waals surface area contributed by atoms with E-state index in [2.05, 4.69) is 33.8 Å². The first-order valence-electron chi connectivity index (χ1n) is 10.4. The molecule has 2 aliphatic carbocycles. The highest BCUT2D eigenvalue weighted by molar-refractivity contribution is 9.10. The third kappa shape index (κ3) is 2.67. The van der Waals surface area contributed by atoms with Crippen molar-refractivity contribution in [2.24, 2.45) is 11.8 Å². The van der Waals surface area contributed by atoms with Gasteiger partial charge in [0.05, 0.1) is 13.7 Å². The zero-order chi connectivity index (χ0) is 19.6. The molecule has 0 unspecified atom stereocenters. The Bertz CT molecular complexity index is 823. The average Bonchev–Trinajstić information content (AvgIpc) is 3.43. The number of hydrogen-bond donors (Lipinski definition) is 1. The lowest BCUT2D eigenvalue weighted by Crippen LogP contribution is -2.52. The van der Waals surface area contributed by atoms with Crippen LogP contribution in [0.15, 0.2) is 10.5 Å². The molecular weight excluding hydrogens is 422 g/mol. The molecule has 4 aliphatic rings. The number of Topliss-reactive ketones (excluding diaryl/α,β-unsaturated/α-hetero) is 1. The molecule has 1 spiro atoms.